The van der Waals surface area contributed by atoms with E-state index in [1.807, 2.05) is 4.68 Å². The highest BCUT2D eigenvalue weighted by atomic mass is 32.1. The summed E-state index contributed by atoms with van der Waals surface area (Å²) in [5.41, 5.74) is 0.0551. The molecule has 2 aromatic rings. The summed E-state index contributed by atoms with van der Waals surface area (Å²) in [4.78, 5) is 2.59. The van der Waals surface area contributed by atoms with Crippen LogP contribution in [-0.2, 0) is 6.54 Å². The van der Waals surface area contributed by atoms with Gasteiger partial charge in [-0.2, -0.15) is 0 Å². The highest BCUT2D eigenvalue weighted by Gasteiger charge is 2.18. The van der Waals surface area contributed by atoms with E-state index in [1.54, 1.807) is 11.3 Å². The van der Waals surface area contributed by atoms with E-state index in [0.29, 0.717) is 6.54 Å². The monoisotopic (exact) mass is 279 g/mol. The van der Waals surface area contributed by atoms with Gasteiger partial charge in [-0.1, -0.05) is 0 Å². The third kappa shape index (κ3) is 3.61. The van der Waals surface area contributed by atoms with Gasteiger partial charge in [0.15, 0.2) is 5.82 Å². The smallest absolute Gasteiger partial charge is 0.165 e. The Morgan fingerprint density at radius 1 is 1.37 bits per heavy atom. The quantitative estimate of drug-likeness (QED) is 0.934. The second kappa shape index (κ2) is 5.38. The van der Waals surface area contributed by atoms with Crippen molar-refractivity contribution in [1.82, 2.24) is 25.5 Å². The second-order valence-corrected chi connectivity index (χ2v) is 7.09. The Kier molecular flexibility index (Phi) is 4.01. The van der Waals surface area contributed by atoms with Crippen LogP contribution in [0.15, 0.2) is 12.1 Å². The first-order valence-corrected chi connectivity index (χ1v) is 7.26. The first-order valence-electron chi connectivity index (χ1n) is 6.45. The summed E-state index contributed by atoms with van der Waals surface area (Å²) in [5, 5.41) is 15.5. The summed E-state index contributed by atoms with van der Waals surface area (Å²) in [5.74, 6) is 0.869. The molecule has 0 bridgehead atoms. The van der Waals surface area contributed by atoms with Gasteiger partial charge in [-0.25, -0.2) is 4.68 Å². The largest absolute Gasteiger partial charge is 0.305 e. The molecule has 0 aliphatic rings. The van der Waals surface area contributed by atoms with E-state index in [0.717, 1.165) is 5.82 Å². The number of thiophene rings is 1. The Morgan fingerprint density at radius 3 is 2.68 bits per heavy atom. The molecule has 1 atom stereocenters. The Balaban J connectivity index is 2.15. The second-order valence-electron chi connectivity index (χ2n) is 5.77. The SMILES string of the molecule is Cc1ccc(C(C)n2nnnc2CNC(C)(C)C)s1. The van der Waals surface area contributed by atoms with Crippen LogP contribution >= 0.6 is 11.3 Å². The molecule has 19 heavy (non-hydrogen) atoms. The van der Waals surface area contributed by atoms with E-state index in [-0.39, 0.29) is 11.6 Å². The molecule has 0 amide bonds. The number of tetrazole rings is 1. The molecule has 0 spiro atoms. The summed E-state index contributed by atoms with van der Waals surface area (Å²) in [7, 11) is 0. The van der Waals surface area contributed by atoms with Crippen LogP contribution in [0.25, 0.3) is 0 Å². The van der Waals surface area contributed by atoms with Crippen molar-refractivity contribution >= 4 is 11.3 Å². The molecular weight excluding hydrogens is 258 g/mol. The molecule has 0 aliphatic heterocycles. The van der Waals surface area contributed by atoms with Gasteiger partial charge in [-0.3, -0.25) is 0 Å². The Bertz CT molecular complexity index is 537. The fraction of sp³-hybridized carbons (Fsp3) is 0.615. The van der Waals surface area contributed by atoms with E-state index in [4.69, 9.17) is 0 Å². The lowest BCUT2D eigenvalue weighted by molar-refractivity contribution is 0.404. The molecule has 5 nitrogen and oxygen atoms in total. The first kappa shape index (κ1) is 14.1. The van der Waals surface area contributed by atoms with Crippen molar-refractivity contribution in [3.8, 4) is 0 Å². The predicted molar refractivity (Wildman–Crippen MR) is 77.3 cm³/mol. The third-order valence-corrected chi connectivity index (χ3v) is 4.05. The molecule has 6 heteroatoms. The number of nitrogens with zero attached hydrogens (tertiary/aromatic N) is 4. The normalized spacial score (nSPS) is 13.7. The van der Waals surface area contributed by atoms with E-state index >= 15 is 0 Å². The maximum Gasteiger partial charge on any atom is 0.165 e. The van der Waals surface area contributed by atoms with Gasteiger partial charge >= 0.3 is 0 Å². The van der Waals surface area contributed by atoms with Crippen molar-refractivity contribution in [2.75, 3.05) is 0 Å². The predicted octanol–water partition coefficient (Wildman–Crippen LogP) is 2.54. The lowest BCUT2D eigenvalue weighted by Gasteiger charge is -2.20. The molecule has 0 aliphatic carbocycles. The first-order chi connectivity index (χ1) is 8.87. The topological polar surface area (TPSA) is 55.6 Å². The zero-order valence-corrected chi connectivity index (χ0v) is 13.0. The molecule has 2 aromatic heterocycles. The van der Waals surface area contributed by atoms with Crippen LogP contribution in [0.5, 0.6) is 0 Å². The minimum atomic E-state index is 0.0551. The van der Waals surface area contributed by atoms with Gasteiger partial charge in [0.1, 0.15) is 0 Å². The van der Waals surface area contributed by atoms with Gasteiger partial charge in [-0.05, 0) is 57.2 Å². The molecule has 0 fully saturated rings. The van der Waals surface area contributed by atoms with Crippen molar-refractivity contribution in [2.45, 2.75) is 52.7 Å². The molecule has 0 aromatic carbocycles. The fourth-order valence-electron chi connectivity index (χ4n) is 1.77. The van der Waals surface area contributed by atoms with Gasteiger partial charge < -0.3 is 5.32 Å². The van der Waals surface area contributed by atoms with Crippen LogP contribution in [0.4, 0.5) is 0 Å². The summed E-state index contributed by atoms with van der Waals surface area (Å²) in [6.07, 6.45) is 0. The minimum absolute atomic E-state index is 0.0551. The molecule has 0 saturated carbocycles. The van der Waals surface area contributed by atoms with Gasteiger partial charge in [0.25, 0.3) is 0 Å². The van der Waals surface area contributed by atoms with Crippen LogP contribution in [0.1, 0.15) is 49.3 Å². The van der Waals surface area contributed by atoms with Crippen molar-refractivity contribution in [2.24, 2.45) is 0 Å². The highest BCUT2D eigenvalue weighted by molar-refractivity contribution is 7.12. The van der Waals surface area contributed by atoms with E-state index < -0.39 is 0 Å². The highest BCUT2D eigenvalue weighted by Crippen LogP contribution is 2.25. The van der Waals surface area contributed by atoms with Crippen molar-refractivity contribution in [1.29, 1.82) is 0 Å². The molecular formula is C13H21N5S. The van der Waals surface area contributed by atoms with Crippen molar-refractivity contribution in [3.05, 3.63) is 27.7 Å². The van der Waals surface area contributed by atoms with Crippen molar-refractivity contribution in [3.63, 3.8) is 0 Å². The molecule has 0 radical (unpaired) electrons. The standard InChI is InChI=1S/C13H21N5S/c1-9-6-7-11(19-9)10(2)18-12(15-16-17-18)8-14-13(3,4)5/h6-7,10,14H,8H2,1-5H3. The number of hydrogen-bond donors (Lipinski definition) is 1. The van der Waals surface area contributed by atoms with Gasteiger partial charge in [0.2, 0.25) is 0 Å². The zero-order chi connectivity index (χ0) is 14.0. The summed E-state index contributed by atoms with van der Waals surface area (Å²) in [6, 6.07) is 4.45. The molecule has 1 unspecified atom stereocenters. The Hall–Kier alpha value is -1.27. The molecule has 2 heterocycles. The molecule has 104 valence electrons. The van der Waals surface area contributed by atoms with E-state index in [9.17, 15) is 0 Å². The third-order valence-electron chi connectivity index (χ3n) is 2.88. The summed E-state index contributed by atoms with van der Waals surface area (Å²) in [6.45, 7) is 11.3. The minimum Gasteiger partial charge on any atom is -0.305 e. The summed E-state index contributed by atoms with van der Waals surface area (Å²) < 4.78 is 1.89. The Labute approximate surface area is 118 Å². The number of aryl methyl sites for hydroxylation is 1. The molecule has 0 saturated heterocycles. The average molecular weight is 279 g/mol. The van der Waals surface area contributed by atoms with Gasteiger partial charge in [-0.15, -0.1) is 16.4 Å². The van der Waals surface area contributed by atoms with Crippen LogP contribution in [-0.4, -0.2) is 25.7 Å². The average Bonchev–Trinajstić information content (AvgIpc) is 2.93. The lowest BCUT2D eigenvalue weighted by Crippen LogP contribution is -2.36. The number of aromatic nitrogens is 4. The number of rotatable bonds is 4. The Morgan fingerprint density at radius 2 is 2.11 bits per heavy atom. The van der Waals surface area contributed by atoms with E-state index in [2.05, 4.69) is 67.6 Å². The van der Waals surface area contributed by atoms with Crippen LogP contribution < -0.4 is 5.32 Å². The maximum absolute atomic E-state index is 4.12. The van der Waals surface area contributed by atoms with E-state index in [1.165, 1.54) is 9.75 Å². The van der Waals surface area contributed by atoms with Crippen LogP contribution in [0.3, 0.4) is 0 Å². The molecule has 1 N–H and O–H groups in total. The van der Waals surface area contributed by atoms with Gasteiger partial charge in [0.05, 0.1) is 12.6 Å². The zero-order valence-electron chi connectivity index (χ0n) is 12.1. The molecule has 2 rings (SSSR count). The lowest BCUT2D eigenvalue weighted by atomic mass is 10.1. The number of hydrogen-bond acceptors (Lipinski definition) is 5. The van der Waals surface area contributed by atoms with Crippen LogP contribution in [0, 0.1) is 6.92 Å². The van der Waals surface area contributed by atoms with Crippen LogP contribution in [0.2, 0.25) is 0 Å². The fourth-order valence-corrected chi connectivity index (χ4v) is 2.69. The van der Waals surface area contributed by atoms with Crippen molar-refractivity contribution < 1.29 is 0 Å². The summed E-state index contributed by atoms with van der Waals surface area (Å²) >= 11 is 1.79. The maximum atomic E-state index is 4.12. The number of nitrogens with one attached hydrogen (secondary N) is 1. The van der Waals surface area contributed by atoms with Gasteiger partial charge in [0, 0.05) is 15.3 Å².